The van der Waals surface area contributed by atoms with E-state index in [9.17, 15) is 0 Å². The summed E-state index contributed by atoms with van der Waals surface area (Å²) < 4.78 is 11.4. The maximum absolute atomic E-state index is 5.84. The molecular formula is C23H25IN4O2. The number of halogens is 1. The molecule has 2 N–H and O–H groups in total. The van der Waals surface area contributed by atoms with Gasteiger partial charge in [0.05, 0.1) is 12.2 Å². The molecule has 4 aromatic rings. The Labute approximate surface area is 192 Å². The zero-order valence-electron chi connectivity index (χ0n) is 17.0. The summed E-state index contributed by atoms with van der Waals surface area (Å²) in [6.07, 6.45) is 2.45. The molecule has 2 aromatic heterocycles. The molecule has 0 radical (unpaired) electrons. The third kappa shape index (κ3) is 5.41. The fourth-order valence-electron chi connectivity index (χ4n) is 3.08. The summed E-state index contributed by atoms with van der Waals surface area (Å²) in [5.74, 6) is 2.28. The molecule has 30 heavy (non-hydrogen) atoms. The number of hydrogen-bond acceptors (Lipinski definition) is 4. The fraction of sp³-hybridized carbons (Fsp3) is 0.217. The van der Waals surface area contributed by atoms with Crippen molar-refractivity contribution in [2.45, 2.75) is 19.9 Å². The lowest BCUT2D eigenvalue weighted by atomic mass is 10.1. The minimum Gasteiger partial charge on any atom is -0.461 e. The number of furan rings is 1. The van der Waals surface area contributed by atoms with E-state index in [1.165, 1.54) is 5.56 Å². The van der Waals surface area contributed by atoms with Crippen LogP contribution in [0.4, 0.5) is 0 Å². The van der Waals surface area contributed by atoms with E-state index in [2.05, 4.69) is 39.7 Å². The molecule has 0 bridgehead atoms. The summed E-state index contributed by atoms with van der Waals surface area (Å²) in [7, 11) is 1.75. The molecule has 0 fully saturated rings. The van der Waals surface area contributed by atoms with Crippen molar-refractivity contribution in [2.75, 3.05) is 13.6 Å². The van der Waals surface area contributed by atoms with Crippen molar-refractivity contribution in [3.63, 3.8) is 0 Å². The molecule has 6 nitrogen and oxygen atoms in total. The van der Waals surface area contributed by atoms with Crippen LogP contribution in [0.25, 0.3) is 22.4 Å². The first-order chi connectivity index (χ1) is 14.2. The first-order valence-corrected chi connectivity index (χ1v) is 9.65. The molecular weight excluding hydrogens is 491 g/mol. The number of oxazole rings is 1. The number of aliphatic imine (C=N–C) groups is 1. The summed E-state index contributed by atoms with van der Waals surface area (Å²) in [4.78, 5) is 8.80. The van der Waals surface area contributed by atoms with Gasteiger partial charge in [-0.25, -0.2) is 4.98 Å². The number of aromatic nitrogens is 1. The SMILES string of the molecule is CN=C(NCCc1cc2ccccc2o1)NCc1coc(-c2ccc(C)cc2)n1.I. The fourth-order valence-corrected chi connectivity index (χ4v) is 3.08. The number of nitrogens with one attached hydrogen (secondary N) is 2. The van der Waals surface area contributed by atoms with Crippen LogP contribution < -0.4 is 10.6 Å². The van der Waals surface area contributed by atoms with E-state index < -0.39 is 0 Å². The highest BCUT2D eigenvalue weighted by molar-refractivity contribution is 14.0. The monoisotopic (exact) mass is 516 g/mol. The number of para-hydroxylation sites is 1. The minimum atomic E-state index is 0. The molecule has 156 valence electrons. The number of rotatable bonds is 6. The molecule has 0 amide bonds. The van der Waals surface area contributed by atoms with E-state index in [4.69, 9.17) is 8.83 Å². The Balaban J connectivity index is 0.00000256. The van der Waals surface area contributed by atoms with Gasteiger partial charge in [0.15, 0.2) is 5.96 Å². The molecule has 0 aliphatic heterocycles. The van der Waals surface area contributed by atoms with Crippen molar-refractivity contribution >= 4 is 40.9 Å². The third-order valence-electron chi connectivity index (χ3n) is 4.65. The van der Waals surface area contributed by atoms with E-state index in [0.717, 1.165) is 34.4 Å². The van der Waals surface area contributed by atoms with Gasteiger partial charge in [-0.1, -0.05) is 35.9 Å². The topological polar surface area (TPSA) is 75.6 Å². The maximum Gasteiger partial charge on any atom is 0.226 e. The summed E-state index contributed by atoms with van der Waals surface area (Å²) in [6, 6.07) is 18.2. The van der Waals surface area contributed by atoms with E-state index >= 15 is 0 Å². The highest BCUT2D eigenvalue weighted by Crippen LogP contribution is 2.19. The van der Waals surface area contributed by atoms with Crippen LogP contribution >= 0.6 is 24.0 Å². The Morgan fingerprint density at radius 1 is 1.07 bits per heavy atom. The Morgan fingerprint density at radius 2 is 1.87 bits per heavy atom. The molecule has 0 unspecified atom stereocenters. The van der Waals surface area contributed by atoms with E-state index in [0.29, 0.717) is 24.9 Å². The van der Waals surface area contributed by atoms with Gasteiger partial charge in [-0.2, -0.15) is 0 Å². The minimum absolute atomic E-state index is 0. The summed E-state index contributed by atoms with van der Waals surface area (Å²) in [6.45, 7) is 3.30. The van der Waals surface area contributed by atoms with Crippen molar-refractivity contribution in [1.82, 2.24) is 15.6 Å². The molecule has 7 heteroatoms. The lowest BCUT2D eigenvalue weighted by Gasteiger charge is -2.09. The van der Waals surface area contributed by atoms with Gasteiger partial charge in [0, 0.05) is 31.0 Å². The predicted molar refractivity (Wildman–Crippen MR) is 130 cm³/mol. The molecule has 2 heterocycles. The van der Waals surface area contributed by atoms with Crippen LogP contribution in [0.15, 0.2) is 74.7 Å². The van der Waals surface area contributed by atoms with E-state index in [1.54, 1.807) is 13.3 Å². The zero-order valence-corrected chi connectivity index (χ0v) is 19.3. The number of hydrogen-bond donors (Lipinski definition) is 2. The average molecular weight is 516 g/mol. The van der Waals surface area contributed by atoms with E-state index in [1.807, 2.05) is 42.5 Å². The van der Waals surface area contributed by atoms with Gasteiger partial charge in [-0.05, 0) is 31.2 Å². The first kappa shape index (κ1) is 21.9. The standard InChI is InChI=1S/C23H24N4O2.HI/c1-16-7-9-17(10-8-16)22-27-19(15-28-22)14-26-23(24-2)25-12-11-20-13-18-5-3-4-6-21(18)29-20;/h3-10,13,15H,11-12,14H2,1-2H3,(H2,24,25,26);1H. The smallest absolute Gasteiger partial charge is 0.226 e. The van der Waals surface area contributed by atoms with Crippen LogP contribution in [0, 0.1) is 6.92 Å². The van der Waals surface area contributed by atoms with Gasteiger partial charge in [0.1, 0.15) is 17.6 Å². The van der Waals surface area contributed by atoms with Gasteiger partial charge < -0.3 is 19.5 Å². The van der Waals surface area contributed by atoms with Crippen LogP contribution in [0.3, 0.4) is 0 Å². The Hall–Kier alpha value is -2.81. The first-order valence-electron chi connectivity index (χ1n) is 9.65. The quantitative estimate of drug-likeness (QED) is 0.216. The molecule has 0 atom stereocenters. The second-order valence-corrected chi connectivity index (χ2v) is 6.86. The van der Waals surface area contributed by atoms with Crippen LogP contribution in [-0.2, 0) is 13.0 Å². The zero-order chi connectivity index (χ0) is 20.1. The summed E-state index contributed by atoms with van der Waals surface area (Å²) in [5, 5.41) is 7.68. The molecule has 4 rings (SSSR count). The van der Waals surface area contributed by atoms with Crippen LogP contribution in [0.5, 0.6) is 0 Å². The summed E-state index contributed by atoms with van der Waals surface area (Å²) in [5.41, 5.74) is 3.91. The predicted octanol–water partition coefficient (Wildman–Crippen LogP) is 4.92. The molecule has 0 spiro atoms. The second kappa shape index (κ2) is 10.3. The second-order valence-electron chi connectivity index (χ2n) is 6.86. The molecule has 0 aliphatic rings. The number of benzene rings is 2. The van der Waals surface area contributed by atoms with Crippen molar-refractivity contribution < 1.29 is 8.83 Å². The maximum atomic E-state index is 5.84. The van der Waals surface area contributed by atoms with Gasteiger partial charge in [0.2, 0.25) is 5.89 Å². The van der Waals surface area contributed by atoms with Crippen molar-refractivity contribution in [2.24, 2.45) is 4.99 Å². The Kier molecular flexibility index (Phi) is 7.51. The van der Waals surface area contributed by atoms with Crippen LogP contribution in [-0.4, -0.2) is 24.5 Å². The Bertz CT molecular complexity index is 1080. The highest BCUT2D eigenvalue weighted by atomic mass is 127. The van der Waals surface area contributed by atoms with Crippen molar-refractivity contribution in [3.05, 3.63) is 77.9 Å². The largest absolute Gasteiger partial charge is 0.461 e. The number of aryl methyl sites for hydroxylation is 1. The van der Waals surface area contributed by atoms with Crippen LogP contribution in [0.2, 0.25) is 0 Å². The third-order valence-corrected chi connectivity index (χ3v) is 4.65. The van der Waals surface area contributed by atoms with Gasteiger partial charge in [-0.3, -0.25) is 4.99 Å². The van der Waals surface area contributed by atoms with Crippen molar-refractivity contribution in [1.29, 1.82) is 0 Å². The number of nitrogens with zero attached hydrogens (tertiary/aromatic N) is 2. The average Bonchev–Trinajstić information content (AvgIpc) is 3.37. The number of guanidine groups is 1. The molecule has 0 saturated heterocycles. The highest BCUT2D eigenvalue weighted by Gasteiger charge is 2.08. The van der Waals surface area contributed by atoms with Gasteiger partial charge in [-0.15, -0.1) is 24.0 Å². The lowest BCUT2D eigenvalue weighted by molar-refractivity contribution is 0.544. The van der Waals surface area contributed by atoms with Gasteiger partial charge >= 0.3 is 0 Å². The number of fused-ring (bicyclic) bond motifs is 1. The molecule has 0 saturated carbocycles. The van der Waals surface area contributed by atoms with Crippen molar-refractivity contribution in [3.8, 4) is 11.5 Å². The molecule has 2 aromatic carbocycles. The summed E-state index contributed by atoms with van der Waals surface area (Å²) >= 11 is 0. The normalized spacial score (nSPS) is 11.3. The Morgan fingerprint density at radius 3 is 2.63 bits per heavy atom. The lowest BCUT2D eigenvalue weighted by Crippen LogP contribution is -2.37. The molecule has 0 aliphatic carbocycles. The van der Waals surface area contributed by atoms with Crippen LogP contribution in [0.1, 0.15) is 17.0 Å². The van der Waals surface area contributed by atoms with E-state index in [-0.39, 0.29) is 24.0 Å². The van der Waals surface area contributed by atoms with Gasteiger partial charge in [0.25, 0.3) is 0 Å².